The molecule has 0 spiro atoms. The second-order valence-corrected chi connectivity index (χ2v) is 4.59. The molecule has 2 aromatic rings. The van der Waals surface area contributed by atoms with Crippen LogP contribution < -0.4 is 15.4 Å². The summed E-state index contributed by atoms with van der Waals surface area (Å²) in [5, 5.41) is 4.64. The molecule has 0 aliphatic carbocycles. The summed E-state index contributed by atoms with van der Waals surface area (Å²) in [6.07, 6.45) is 0. The summed E-state index contributed by atoms with van der Waals surface area (Å²) in [5.41, 5.74) is 0.164. The first-order chi connectivity index (χ1) is 11.0. The molecule has 2 aromatic carbocycles. The number of amides is 2. The Bertz CT molecular complexity index is 735. The average Bonchev–Trinajstić information content (AvgIpc) is 2.55. The third kappa shape index (κ3) is 4.50. The lowest BCUT2D eigenvalue weighted by Crippen LogP contribution is -2.33. The summed E-state index contributed by atoms with van der Waals surface area (Å²) in [7, 11) is 1.47. The maximum absolute atomic E-state index is 13.4. The molecule has 2 amide bonds. The van der Waals surface area contributed by atoms with Crippen LogP contribution in [-0.4, -0.2) is 25.5 Å². The number of carbonyl (C=O) groups is 2. The van der Waals surface area contributed by atoms with Crippen LogP contribution in [0.2, 0.25) is 0 Å². The predicted molar refractivity (Wildman–Crippen MR) is 80.3 cm³/mol. The van der Waals surface area contributed by atoms with E-state index in [0.717, 1.165) is 12.1 Å². The van der Waals surface area contributed by atoms with Crippen molar-refractivity contribution < 1.29 is 23.1 Å². The largest absolute Gasteiger partial charge is 0.497 e. The summed E-state index contributed by atoms with van der Waals surface area (Å²) >= 11 is 0. The van der Waals surface area contributed by atoms with E-state index in [2.05, 4.69) is 10.6 Å². The fourth-order valence-electron chi connectivity index (χ4n) is 1.81. The van der Waals surface area contributed by atoms with Gasteiger partial charge in [0.1, 0.15) is 17.4 Å². The molecule has 0 aromatic heterocycles. The Kier molecular flexibility index (Phi) is 5.24. The Hall–Kier alpha value is -2.96. The highest BCUT2D eigenvalue weighted by molar-refractivity contribution is 5.99. The number of hydrogen-bond donors (Lipinski definition) is 2. The summed E-state index contributed by atoms with van der Waals surface area (Å²) in [6, 6.07) is 9.19. The summed E-state index contributed by atoms with van der Waals surface area (Å²) in [4.78, 5) is 23.6. The van der Waals surface area contributed by atoms with E-state index in [1.54, 1.807) is 18.2 Å². The molecule has 0 aliphatic rings. The van der Waals surface area contributed by atoms with Crippen LogP contribution in [0, 0.1) is 11.6 Å². The highest BCUT2D eigenvalue weighted by atomic mass is 19.1. The Balaban J connectivity index is 1.92. The lowest BCUT2D eigenvalue weighted by molar-refractivity contribution is -0.115. The van der Waals surface area contributed by atoms with Gasteiger partial charge in [0.25, 0.3) is 5.91 Å². The molecule has 0 atom stereocenters. The van der Waals surface area contributed by atoms with Crippen LogP contribution in [0.5, 0.6) is 5.75 Å². The van der Waals surface area contributed by atoms with Crippen LogP contribution in [0.3, 0.4) is 0 Å². The van der Waals surface area contributed by atoms with E-state index in [1.807, 2.05) is 0 Å². The van der Waals surface area contributed by atoms with Gasteiger partial charge in [-0.2, -0.15) is 0 Å². The first-order valence-electron chi connectivity index (χ1n) is 6.67. The third-order valence-electron chi connectivity index (χ3n) is 2.95. The van der Waals surface area contributed by atoms with Gasteiger partial charge in [0.05, 0.1) is 19.3 Å². The van der Waals surface area contributed by atoms with Gasteiger partial charge in [-0.15, -0.1) is 0 Å². The van der Waals surface area contributed by atoms with Crippen molar-refractivity contribution in [3.05, 3.63) is 59.7 Å². The molecule has 120 valence electrons. The van der Waals surface area contributed by atoms with Crippen molar-refractivity contribution in [1.82, 2.24) is 5.32 Å². The molecule has 5 nitrogen and oxygen atoms in total. The van der Waals surface area contributed by atoms with E-state index in [4.69, 9.17) is 4.74 Å². The fraction of sp³-hybridized carbons (Fsp3) is 0.125. The molecular weight excluding hydrogens is 306 g/mol. The van der Waals surface area contributed by atoms with E-state index in [-0.39, 0.29) is 12.2 Å². The minimum absolute atomic E-state index is 0.160. The molecule has 2 rings (SSSR count). The summed E-state index contributed by atoms with van der Waals surface area (Å²) < 4.78 is 31.2. The third-order valence-corrected chi connectivity index (χ3v) is 2.95. The Morgan fingerprint density at radius 1 is 1.13 bits per heavy atom. The molecule has 0 fully saturated rings. The van der Waals surface area contributed by atoms with Gasteiger partial charge in [0.15, 0.2) is 0 Å². The normalized spacial score (nSPS) is 10.0. The van der Waals surface area contributed by atoms with Crippen LogP contribution in [0.1, 0.15) is 10.4 Å². The number of benzene rings is 2. The molecule has 23 heavy (non-hydrogen) atoms. The van der Waals surface area contributed by atoms with Gasteiger partial charge in [-0.3, -0.25) is 9.59 Å². The van der Waals surface area contributed by atoms with Crippen LogP contribution in [0.4, 0.5) is 14.5 Å². The van der Waals surface area contributed by atoms with Crippen molar-refractivity contribution in [1.29, 1.82) is 0 Å². The van der Waals surface area contributed by atoms with Gasteiger partial charge in [0, 0.05) is 11.6 Å². The number of ether oxygens (including phenoxy) is 1. The van der Waals surface area contributed by atoms with Crippen molar-refractivity contribution >= 4 is 17.5 Å². The SMILES string of the molecule is COc1cccc(C(=O)NCC(=O)Nc2ccc(F)cc2F)c1. The van der Waals surface area contributed by atoms with E-state index in [9.17, 15) is 18.4 Å². The zero-order valence-corrected chi connectivity index (χ0v) is 12.2. The molecular formula is C16H14F2N2O3. The second kappa shape index (κ2) is 7.35. The van der Waals surface area contributed by atoms with Crippen LogP contribution in [0.15, 0.2) is 42.5 Å². The molecule has 0 aliphatic heterocycles. The van der Waals surface area contributed by atoms with Gasteiger partial charge < -0.3 is 15.4 Å². The molecule has 0 radical (unpaired) electrons. The second-order valence-electron chi connectivity index (χ2n) is 4.59. The topological polar surface area (TPSA) is 67.4 Å². The number of halogens is 2. The van der Waals surface area contributed by atoms with Crippen molar-refractivity contribution in [2.45, 2.75) is 0 Å². The fourth-order valence-corrected chi connectivity index (χ4v) is 1.81. The lowest BCUT2D eigenvalue weighted by atomic mass is 10.2. The number of hydrogen-bond acceptors (Lipinski definition) is 3. The van der Waals surface area contributed by atoms with Gasteiger partial charge in [-0.1, -0.05) is 6.07 Å². The van der Waals surface area contributed by atoms with Crippen molar-refractivity contribution in [2.75, 3.05) is 19.0 Å². The number of methoxy groups -OCH3 is 1. The van der Waals surface area contributed by atoms with E-state index < -0.39 is 23.4 Å². The number of anilines is 1. The molecule has 7 heteroatoms. The maximum Gasteiger partial charge on any atom is 0.251 e. The standard InChI is InChI=1S/C16H14F2N2O3/c1-23-12-4-2-3-10(7-12)16(22)19-9-15(21)20-14-6-5-11(17)8-13(14)18/h2-8H,9H2,1H3,(H,19,22)(H,20,21). The zero-order valence-electron chi connectivity index (χ0n) is 12.2. The first-order valence-corrected chi connectivity index (χ1v) is 6.67. The quantitative estimate of drug-likeness (QED) is 0.888. The zero-order chi connectivity index (χ0) is 16.8. The maximum atomic E-state index is 13.4. The smallest absolute Gasteiger partial charge is 0.251 e. The van der Waals surface area contributed by atoms with Crippen molar-refractivity contribution in [3.63, 3.8) is 0 Å². The van der Waals surface area contributed by atoms with Gasteiger partial charge >= 0.3 is 0 Å². The Morgan fingerprint density at radius 2 is 1.91 bits per heavy atom. The molecule has 0 heterocycles. The summed E-state index contributed by atoms with van der Waals surface area (Å²) in [6.45, 7) is -0.354. The van der Waals surface area contributed by atoms with Crippen LogP contribution in [0.25, 0.3) is 0 Å². The Morgan fingerprint density at radius 3 is 2.61 bits per heavy atom. The highest BCUT2D eigenvalue weighted by Gasteiger charge is 2.11. The minimum Gasteiger partial charge on any atom is -0.497 e. The van der Waals surface area contributed by atoms with Gasteiger partial charge in [0.2, 0.25) is 5.91 Å². The van der Waals surface area contributed by atoms with Crippen molar-refractivity contribution in [3.8, 4) is 5.75 Å². The van der Waals surface area contributed by atoms with Gasteiger partial charge in [-0.05, 0) is 30.3 Å². The lowest BCUT2D eigenvalue weighted by Gasteiger charge is -2.08. The average molecular weight is 320 g/mol. The van der Waals surface area contributed by atoms with E-state index in [0.29, 0.717) is 17.4 Å². The number of rotatable bonds is 5. The predicted octanol–water partition coefficient (Wildman–Crippen LogP) is 2.34. The molecule has 2 N–H and O–H groups in total. The van der Waals surface area contributed by atoms with Crippen molar-refractivity contribution in [2.24, 2.45) is 0 Å². The van der Waals surface area contributed by atoms with E-state index >= 15 is 0 Å². The minimum atomic E-state index is -0.891. The van der Waals surface area contributed by atoms with Crippen LogP contribution >= 0.6 is 0 Å². The monoisotopic (exact) mass is 320 g/mol. The molecule has 0 saturated heterocycles. The van der Waals surface area contributed by atoms with Crippen LogP contribution in [-0.2, 0) is 4.79 Å². The Labute approximate surface area is 131 Å². The van der Waals surface area contributed by atoms with E-state index in [1.165, 1.54) is 13.2 Å². The van der Waals surface area contributed by atoms with Gasteiger partial charge in [-0.25, -0.2) is 8.78 Å². The number of carbonyl (C=O) groups excluding carboxylic acids is 2. The highest BCUT2D eigenvalue weighted by Crippen LogP contribution is 2.15. The molecule has 0 saturated carbocycles. The molecule has 0 bridgehead atoms. The summed E-state index contributed by atoms with van der Waals surface area (Å²) in [5.74, 6) is -2.23. The molecule has 0 unspecified atom stereocenters. The first kappa shape index (κ1) is 16.4. The number of nitrogens with one attached hydrogen (secondary N) is 2.